The Kier molecular flexibility index (Phi) is 3.15. The number of hydrogen-bond acceptors (Lipinski definition) is 5. The van der Waals surface area contributed by atoms with Crippen molar-refractivity contribution in [1.29, 1.82) is 0 Å². The first-order valence-electron chi connectivity index (χ1n) is 6.25. The average Bonchev–Trinajstić information content (AvgIpc) is 2.89. The van der Waals surface area contributed by atoms with Crippen molar-refractivity contribution >= 4 is 0 Å². The second-order valence-corrected chi connectivity index (χ2v) is 4.68. The summed E-state index contributed by atoms with van der Waals surface area (Å²) in [7, 11) is 0. The lowest BCUT2D eigenvalue weighted by Gasteiger charge is -2.12. The molecule has 1 unspecified atom stereocenters. The largest absolute Gasteiger partial charge is 0.454 e. The van der Waals surface area contributed by atoms with Gasteiger partial charge in [-0.3, -0.25) is 4.79 Å². The van der Waals surface area contributed by atoms with Gasteiger partial charge in [-0.15, -0.1) is 0 Å². The smallest absolute Gasteiger partial charge is 0.267 e. The molecule has 0 fully saturated rings. The zero-order valence-corrected chi connectivity index (χ0v) is 10.9. The van der Waals surface area contributed by atoms with Crippen molar-refractivity contribution in [3.05, 3.63) is 51.9 Å². The molecule has 0 bridgehead atoms. The normalized spacial score (nSPS) is 14.3. The Hall–Kier alpha value is -2.34. The number of rotatable bonds is 3. The molecule has 1 aliphatic rings. The van der Waals surface area contributed by atoms with E-state index < -0.39 is 6.10 Å². The van der Waals surface area contributed by atoms with Gasteiger partial charge in [0.1, 0.15) is 0 Å². The molecule has 2 aromatic rings. The predicted molar refractivity (Wildman–Crippen MR) is 70.8 cm³/mol. The highest BCUT2D eigenvalue weighted by Gasteiger charge is 2.17. The van der Waals surface area contributed by atoms with Crippen LogP contribution in [0.1, 0.15) is 17.2 Å². The van der Waals surface area contributed by atoms with Crippen molar-refractivity contribution in [3.63, 3.8) is 0 Å². The highest BCUT2D eigenvalue weighted by atomic mass is 16.7. The van der Waals surface area contributed by atoms with Crippen LogP contribution in [0, 0.1) is 6.92 Å². The van der Waals surface area contributed by atoms with Crippen LogP contribution in [0.3, 0.4) is 0 Å². The van der Waals surface area contributed by atoms with Crippen LogP contribution >= 0.6 is 0 Å². The topological polar surface area (TPSA) is 73.6 Å². The lowest BCUT2D eigenvalue weighted by molar-refractivity contribution is 0.148. The molecule has 0 radical (unpaired) electrons. The van der Waals surface area contributed by atoms with E-state index in [2.05, 4.69) is 5.10 Å². The SMILES string of the molecule is Cc1cnn(CC(O)c2ccc3c(c2)OCO3)c(=O)c1. The Morgan fingerprint density at radius 1 is 1.35 bits per heavy atom. The van der Waals surface area contributed by atoms with E-state index in [4.69, 9.17) is 9.47 Å². The van der Waals surface area contributed by atoms with Gasteiger partial charge >= 0.3 is 0 Å². The van der Waals surface area contributed by atoms with Gasteiger partial charge in [0.25, 0.3) is 5.56 Å². The van der Waals surface area contributed by atoms with Gasteiger partial charge < -0.3 is 14.6 Å². The van der Waals surface area contributed by atoms with Gasteiger partial charge in [0.05, 0.1) is 18.8 Å². The minimum atomic E-state index is -0.836. The summed E-state index contributed by atoms with van der Waals surface area (Å²) >= 11 is 0. The number of aromatic nitrogens is 2. The molecule has 0 amide bonds. The van der Waals surface area contributed by atoms with E-state index in [1.165, 1.54) is 10.7 Å². The minimum absolute atomic E-state index is 0.0960. The molecule has 1 aliphatic heterocycles. The quantitative estimate of drug-likeness (QED) is 0.904. The first kappa shape index (κ1) is 12.7. The van der Waals surface area contributed by atoms with Crippen molar-refractivity contribution in [2.75, 3.05) is 6.79 Å². The van der Waals surface area contributed by atoms with Crippen molar-refractivity contribution in [1.82, 2.24) is 9.78 Å². The van der Waals surface area contributed by atoms with Crippen LogP contribution in [0.25, 0.3) is 0 Å². The fourth-order valence-electron chi connectivity index (χ4n) is 2.05. The summed E-state index contributed by atoms with van der Waals surface area (Å²) in [5, 5.41) is 14.2. The summed E-state index contributed by atoms with van der Waals surface area (Å²) in [5.74, 6) is 1.26. The second kappa shape index (κ2) is 4.97. The molecule has 2 heterocycles. The third kappa shape index (κ3) is 2.37. The first-order valence-corrected chi connectivity index (χ1v) is 6.25. The Bertz CT molecular complexity index is 696. The van der Waals surface area contributed by atoms with E-state index in [1.807, 2.05) is 0 Å². The van der Waals surface area contributed by atoms with Crippen molar-refractivity contribution in [2.24, 2.45) is 0 Å². The number of aliphatic hydroxyl groups excluding tert-OH is 1. The summed E-state index contributed by atoms with van der Waals surface area (Å²) in [6, 6.07) is 6.69. The molecule has 20 heavy (non-hydrogen) atoms. The molecule has 1 aromatic carbocycles. The minimum Gasteiger partial charge on any atom is -0.454 e. The molecule has 0 saturated carbocycles. The van der Waals surface area contributed by atoms with Crippen LogP contribution in [0.4, 0.5) is 0 Å². The molecule has 0 saturated heterocycles. The molecule has 1 atom stereocenters. The molecule has 3 rings (SSSR count). The van der Waals surface area contributed by atoms with Crippen molar-refractivity contribution in [2.45, 2.75) is 19.6 Å². The Balaban J connectivity index is 1.82. The molecule has 6 heteroatoms. The van der Waals surface area contributed by atoms with E-state index in [0.29, 0.717) is 17.1 Å². The molecule has 1 N–H and O–H groups in total. The lowest BCUT2D eigenvalue weighted by Crippen LogP contribution is -2.25. The predicted octanol–water partition coefficient (Wildman–Crippen LogP) is 1.01. The van der Waals surface area contributed by atoms with Gasteiger partial charge in [0.2, 0.25) is 6.79 Å². The fraction of sp³-hybridized carbons (Fsp3) is 0.286. The maximum Gasteiger partial charge on any atom is 0.267 e. The average molecular weight is 274 g/mol. The van der Waals surface area contributed by atoms with Crippen LogP contribution in [-0.2, 0) is 6.54 Å². The maximum absolute atomic E-state index is 11.7. The van der Waals surface area contributed by atoms with E-state index >= 15 is 0 Å². The summed E-state index contributed by atoms with van der Waals surface area (Å²) in [5.41, 5.74) is 1.22. The number of aryl methyl sites for hydroxylation is 1. The highest BCUT2D eigenvalue weighted by Crippen LogP contribution is 2.34. The molecule has 0 aliphatic carbocycles. The molecule has 6 nitrogen and oxygen atoms in total. The van der Waals surface area contributed by atoms with Gasteiger partial charge in [-0.25, -0.2) is 4.68 Å². The summed E-state index contributed by atoms with van der Waals surface area (Å²) in [4.78, 5) is 11.7. The number of hydrogen-bond donors (Lipinski definition) is 1. The second-order valence-electron chi connectivity index (χ2n) is 4.68. The Labute approximate surface area is 115 Å². The summed E-state index contributed by atoms with van der Waals surface area (Å²) in [6.07, 6.45) is 0.755. The van der Waals surface area contributed by atoms with Crippen LogP contribution in [-0.4, -0.2) is 21.7 Å². The van der Waals surface area contributed by atoms with Crippen LogP contribution in [0.5, 0.6) is 11.5 Å². The third-order valence-electron chi connectivity index (χ3n) is 3.13. The maximum atomic E-state index is 11.7. The number of fused-ring (bicyclic) bond motifs is 1. The number of aliphatic hydroxyl groups is 1. The molecule has 1 aromatic heterocycles. The monoisotopic (exact) mass is 274 g/mol. The Morgan fingerprint density at radius 2 is 2.15 bits per heavy atom. The van der Waals surface area contributed by atoms with E-state index in [1.54, 1.807) is 31.3 Å². The highest BCUT2D eigenvalue weighted by molar-refractivity contribution is 5.45. The van der Waals surface area contributed by atoms with Gasteiger partial charge in [0.15, 0.2) is 11.5 Å². The lowest BCUT2D eigenvalue weighted by atomic mass is 10.1. The summed E-state index contributed by atoms with van der Waals surface area (Å²) in [6.45, 7) is 2.08. The van der Waals surface area contributed by atoms with Gasteiger partial charge in [-0.05, 0) is 30.2 Å². The van der Waals surface area contributed by atoms with Crippen LogP contribution in [0.15, 0.2) is 35.3 Å². The van der Waals surface area contributed by atoms with Crippen molar-refractivity contribution < 1.29 is 14.6 Å². The van der Waals surface area contributed by atoms with Crippen LogP contribution in [0.2, 0.25) is 0 Å². The number of nitrogens with zero attached hydrogens (tertiary/aromatic N) is 2. The molecule has 104 valence electrons. The van der Waals surface area contributed by atoms with E-state index in [9.17, 15) is 9.90 Å². The first-order chi connectivity index (χ1) is 9.63. The summed E-state index contributed by atoms with van der Waals surface area (Å²) < 4.78 is 11.7. The molecular formula is C14H14N2O4. The van der Waals surface area contributed by atoms with Gasteiger partial charge in [-0.1, -0.05) is 6.07 Å². The molecular weight excluding hydrogens is 260 g/mol. The number of ether oxygens (including phenoxy) is 2. The van der Waals surface area contributed by atoms with Crippen molar-refractivity contribution in [3.8, 4) is 11.5 Å². The standard InChI is InChI=1S/C14H14N2O4/c1-9-4-14(18)16(15-6-9)7-11(17)10-2-3-12-13(5-10)20-8-19-12/h2-6,11,17H,7-8H2,1H3. The van der Waals surface area contributed by atoms with E-state index in [0.717, 1.165) is 5.56 Å². The molecule has 0 spiro atoms. The van der Waals surface area contributed by atoms with Gasteiger partial charge in [0, 0.05) is 6.07 Å². The third-order valence-corrected chi connectivity index (χ3v) is 3.13. The van der Waals surface area contributed by atoms with Gasteiger partial charge in [-0.2, -0.15) is 5.10 Å². The fourth-order valence-corrected chi connectivity index (χ4v) is 2.05. The zero-order chi connectivity index (χ0) is 14.1. The Morgan fingerprint density at radius 3 is 2.95 bits per heavy atom. The zero-order valence-electron chi connectivity index (χ0n) is 10.9. The van der Waals surface area contributed by atoms with E-state index in [-0.39, 0.29) is 18.9 Å². The van der Waals surface area contributed by atoms with Crippen LogP contribution < -0.4 is 15.0 Å². The number of benzene rings is 1.